The molecule has 62 valence electrons. The molecule has 0 saturated carbocycles. The Morgan fingerprint density at radius 1 is 1.33 bits per heavy atom. The number of thiol groups is 1. The first-order valence-corrected chi connectivity index (χ1v) is 4.52. The second-order valence-electron chi connectivity index (χ2n) is 2.40. The molecule has 0 aliphatic rings. The highest BCUT2D eigenvalue weighted by atomic mass is 32.2. The molecular weight excluding hydrogens is 176 g/mol. The van der Waals surface area contributed by atoms with Crippen LogP contribution in [0, 0.1) is 0 Å². The van der Waals surface area contributed by atoms with Crippen LogP contribution in [0.2, 0.25) is 0 Å². The Bertz CT molecular complexity index is 479. The van der Waals surface area contributed by atoms with Crippen molar-refractivity contribution in [2.75, 3.05) is 0 Å². The van der Waals surface area contributed by atoms with Crippen molar-refractivity contribution in [3.05, 3.63) is 24.4 Å². The number of hydrogen-bond donors (Lipinski definition) is 2. The fourth-order valence-corrected chi connectivity index (χ4v) is 1.47. The summed E-state index contributed by atoms with van der Waals surface area (Å²) >= 11 is 0. The van der Waals surface area contributed by atoms with Crippen LogP contribution in [0.3, 0.4) is 0 Å². The molecule has 1 aromatic carbocycles. The summed E-state index contributed by atoms with van der Waals surface area (Å²) in [5.41, 5.74) is 0.742. The number of fused-ring (bicyclic) bond motifs is 1. The van der Waals surface area contributed by atoms with Crippen LogP contribution in [0.25, 0.3) is 10.9 Å². The molecule has 1 N–H and O–H groups in total. The molecule has 0 fully saturated rings. The third-order valence-electron chi connectivity index (χ3n) is 1.64. The number of hydrogen-bond acceptors (Lipinski definition) is 3. The van der Waals surface area contributed by atoms with Crippen molar-refractivity contribution in [3.8, 4) is 0 Å². The Labute approximate surface area is 70.2 Å². The molecule has 5 heteroatoms. The number of benzene rings is 1. The zero-order chi connectivity index (χ0) is 8.55. The van der Waals surface area contributed by atoms with Gasteiger partial charge in [0.25, 0.3) is 0 Å². The van der Waals surface area contributed by atoms with Crippen molar-refractivity contribution < 1.29 is 8.42 Å². The quantitative estimate of drug-likeness (QED) is 0.632. The second-order valence-corrected chi connectivity index (χ2v) is 3.43. The van der Waals surface area contributed by atoms with Crippen molar-refractivity contribution in [1.29, 1.82) is 0 Å². The standard InChI is InChI=1S/C7H6N2O2S/c10-12(11)6-2-1-5-4-8-9-7(5)3-6/h1-4,12H,(H,8,9). The van der Waals surface area contributed by atoms with Crippen molar-refractivity contribution in [1.82, 2.24) is 10.2 Å². The van der Waals surface area contributed by atoms with Crippen LogP contribution in [0.15, 0.2) is 29.3 Å². The number of nitrogens with zero attached hydrogens (tertiary/aromatic N) is 1. The fourth-order valence-electron chi connectivity index (χ4n) is 1.04. The molecule has 0 spiro atoms. The summed E-state index contributed by atoms with van der Waals surface area (Å²) in [5, 5.41) is 7.39. The van der Waals surface area contributed by atoms with Gasteiger partial charge in [0, 0.05) is 5.39 Å². The molecule has 1 aromatic heterocycles. The molecule has 0 aliphatic carbocycles. The molecule has 12 heavy (non-hydrogen) atoms. The first kappa shape index (κ1) is 7.30. The molecule has 0 radical (unpaired) electrons. The van der Waals surface area contributed by atoms with Gasteiger partial charge in [0.15, 0.2) is 10.7 Å². The Morgan fingerprint density at radius 3 is 2.92 bits per heavy atom. The molecule has 0 saturated heterocycles. The van der Waals surface area contributed by atoms with Crippen LogP contribution >= 0.6 is 0 Å². The lowest BCUT2D eigenvalue weighted by atomic mass is 10.3. The van der Waals surface area contributed by atoms with E-state index in [0.717, 1.165) is 10.9 Å². The average Bonchev–Trinajstić information content (AvgIpc) is 2.49. The van der Waals surface area contributed by atoms with Gasteiger partial charge in [-0.1, -0.05) is 0 Å². The summed E-state index contributed by atoms with van der Waals surface area (Å²) in [6, 6.07) is 4.84. The van der Waals surface area contributed by atoms with Gasteiger partial charge < -0.3 is 0 Å². The molecule has 4 nitrogen and oxygen atoms in total. The predicted molar refractivity (Wildman–Crippen MR) is 44.7 cm³/mol. The van der Waals surface area contributed by atoms with Gasteiger partial charge in [-0.3, -0.25) is 5.10 Å². The van der Waals surface area contributed by atoms with E-state index in [-0.39, 0.29) is 0 Å². The molecule has 0 unspecified atom stereocenters. The van der Waals surface area contributed by atoms with E-state index in [1.54, 1.807) is 24.4 Å². The van der Waals surface area contributed by atoms with E-state index in [2.05, 4.69) is 10.2 Å². The molecule has 0 atom stereocenters. The van der Waals surface area contributed by atoms with Gasteiger partial charge in [0.2, 0.25) is 0 Å². The minimum Gasteiger partial charge on any atom is -0.278 e. The number of nitrogens with one attached hydrogen (secondary N) is 1. The number of H-pyrrole nitrogens is 1. The van der Waals surface area contributed by atoms with E-state index < -0.39 is 10.7 Å². The SMILES string of the molecule is O=[SH](=O)c1ccc2cn[nH]c2c1. The van der Waals surface area contributed by atoms with E-state index >= 15 is 0 Å². The highest BCUT2D eigenvalue weighted by Gasteiger charge is 1.98. The number of aromatic amines is 1. The Morgan fingerprint density at radius 2 is 2.17 bits per heavy atom. The molecule has 2 rings (SSSR count). The molecule has 1 heterocycles. The average molecular weight is 182 g/mol. The Balaban J connectivity index is 2.76. The van der Waals surface area contributed by atoms with Gasteiger partial charge >= 0.3 is 0 Å². The first-order chi connectivity index (χ1) is 5.77. The summed E-state index contributed by atoms with van der Waals surface area (Å²) in [6.45, 7) is 0. The van der Waals surface area contributed by atoms with Crippen molar-refractivity contribution in [2.45, 2.75) is 4.90 Å². The zero-order valence-corrected chi connectivity index (χ0v) is 6.91. The van der Waals surface area contributed by atoms with Crippen LogP contribution in [0.5, 0.6) is 0 Å². The van der Waals surface area contributed by atoms with Gasteiger partial charge in [0.1, 0.15) is 0 Å². The predicted octanol–water partition coefficient (Wildman–Crippen LogP) is 0.533. The minimum atomic E-state index is -2.50. The first-order valence-electron chi connectivity index (χ1n) is 3.35. The van der Waals surface area contributed by atoms with Crippen LogP contribution in [0.4, 0.5) is 0 Å². The highest BCUT2D eigenvalue weighted by molar-refractivity contribution is 7.72. The van der Waals surface area contributed by atoms with E-state index in [1.165, 1.54) is 0 Å². The van der Waals surface area contributed by atoms with Crippen LogP contribution in [-0.4, -0.2) is 18.6 Å². The third-order valence-corrected chi connectivity index (χ3v) is 2.34. The van der Waals surface area contributed by atoms with Gasteiger partial charge in [-0.2, -0.15) is 5.10 Å². The molecule has 0 amide bonds. The third kappa shape index (κ3) is 1.08. The fraction of sp³-hybridized carbons (Fsp3) is 0. The summed E-state index contributed by atoms with van der Waals surface area (Å²) in [4.78, 5) is 0.307. The molecule has 0 bridgehead atoms. The molecule has 2 aromatic rings. The maximum Gasteiger partial charge on any atom is 0.168 e. The van der Waals surface area contributed by atoms with Gasteiger partial charge in [-0.25, -0.2) is 8.42 Å². The monoisotopic (exact) mass is 182 g/mol. The van der Waals surface area contributed by atoms with E-state index in [0.29, 0.717) is 4.90 Å². The smallest absolute Gasteiger partial charge is 0.168 e. The topological polar surface area (TPSA) is 62.8 Å². The van der Waals surface area contributed by atoms with Crippen LogP contribution in [0.1, 0.15) is 0 Å². The maximum absolute atomic E-state index is 10.6. The molecular formula is C7H6N2O2S. The van der Waals surface area contributed by atoms with Crippen LogP contribution < -0.4 is 0 Å². The summed E-state index contributed by atoms with van der Waals surface area (Å²) in [6.07, 6.45) is 1.65. The lowest BCUT2D eigenvalue weighted by Gasteiger charge is -1.89. The van der Waals surface area contributed by atoms with Crippen molar-refractivity contribution in [3.63, 3.8) is 0 Å². The van der Waals surface area contributed by atoms with Crippen LogP contribution in [-0.2, 0) is 10.7 Å². The van der Waals surface area contributed by atoms with Gasteiger partial charge in [-0.05, 0) is 18.2 Å². The normalized spacial score (nSPS) is 11.1. The van der Waals surface area contributed by atoms with E-state index in [4.69, 9.17) is 0 Å². The largest absolute Gasteiger partial charge is 0.278 e. The van der Waals surface area contributed by atoms with Crippen molar-refractivity contribution in [2.24, 2.45) is 0 Å². The van der Waals surface area contributed by atoms with E-state index in [1.807, 2.05) is 0 Å². The highest BCUT2D eigenvalue weighted by Crippen LogP contribution is 2.12. The van der Waals surface area contributed by atoms with Gasteiger partial charge in [0.05, 0.1) is 16.6 Å². The molecule has 0 aliphatic heterocycles. The Kier molecular flexibility index (Phi) is 1.58. The van der Waals surface area contributed by atoms with Gasteiger partial charge in [-0.15, -0.1) is 0 Å². The summed E-state index contributed by atoms with van der Waals surface area (Å²) in [5.74, 6) is 0. The summed E-state index contributed by atoms with van der Waals surface area (Å²) < 4.78 is 21.1. The lowest BCUT2D eigenvalue weighted by molar-refractivity contribution is 0.614. The number of aromatic nitrogens is 2. The zero-order valence-electron chi connectivity index (χ0n) is 6.02. The maximum atomic E-state index is 10.6. The van der Waals surface area contributed by atoms with E-state index in [9.17, 15) is 8.42 Å². The minimum absolute atomic E-state index is 0.307. The lowest BCUT2D eigenvalue weighted by Crippen LogP contribution is -1.78. The number of rotatable bonds is 1. The second kappa shape index (κ2) is 2.60. The van der Waals surface area contributed by atoms with Crippen molar-refractivity contribution >= 4 is 21.6 Å². The Hall–Kier alpha value is -1.36. The summed E-state index contributed by atoms with van der Waals surface area (Å²) in [7, 11) is -2.50.